The zero-order valence-corrected chi connectivity index (χ0v) is 20.0. The van der Waals surface area contributed by atoms with Crippen LogP contribution in [-0.2, 0) is 11.2 Å². The fourth-order valence-electron chi connectivity index (χ4n) is 4.76. The van der Waals surface area contributed by atoms with Crippen molar-refractivity contribution in [3.05, 3.63) is 76.9 Å². The summed E-state index contributed by atoms with van der Waals surface area (Å²) in [6.45, 7) is 2.66. The average molecular weight is 480 g/mol. The first kappa shape index (κ1) is 24.2. The molecule has 2 aromatic rings. The van der Waals surface area contributed by atoms with Gasteiger partial charge in [0.15, 0.2) is 0 Å². The first-order chi connectivity index (χ1) is 16.6. The maximum absolute atomic E-state index is 13.3. The third-order valence-electron chi connectivity index (χ3n) is 6.60. The maximum Gasteiger partial charge on any atom is 0.130 e. The molecule has 0 spiro atoms. The van der Waals surface area contributed by atoms with Gasteiger partial charge in [-0.2, -0.15) is 0 Å². The molecule has 2 aliphatic rings. The SMILES string of the molecule is N=CC1=C(Nc2ccc(F)cc2)C=C(CCNS)C(C=O)(Cc2ccc(N3CCCC3)nc2)C1. The quantitative estimate of drug-likeness (QED) is 0.225. The van der Waals surface area contributed by atoms with E-state index in [1.54, 1.807) is 12.1 Å². The number of aldehydes is 1. The summed E-state index contributed by atoms with van der Waals surface area (Å²) in [6, 6.07) is 10.2. The van der Waals surface area contributed by atoms with Crippen molar-refractivity contribution < 1.29 is 9.18 Å². The minimum atomic E-state index is -0.775. The number of allylic oxidation sites excluding steroid dienone is 2. The molecule has 0 amide bonds. The van der Waals surface area contributed by atoms with E-state index in [0.29, 0.717) is 25.8 Å². The second-order valence-electron chi connectivity index (χ2n) is 8.89. The summed E-state index contributed by atoms with van der Waals surface area (Å²) >= 11 is 4.13. The van der Waals surface area contributed by atoms with Gasteiger partial charge in [-0.15, -0.1) is 0 Å². The molecule has 1 atom stereocenters. The van der Waals surface area contributed by atoms with E-state index < -0.39 is 5.41 Å². The Morgan fingerprint density at radius 3 is 2.56 bits per heavy atom. The number of thiol groups is 1. The van der Waals surface area contributed by atoms with Gasteiger partial charge in [0.2, 0.25) is 0 Å². The molecule has 0 bridgehead atoms. The van der Waals surface area contributed by atoms with Crippen molar-refractivity contribution in [2.45, 2.75) is 32.1 Å². The van der Waals surface area contributed by atoms with Crippen LogP contribution in [0.15, 0.2) is 65.5 Å². The van der Waals surface area contributed by atoms with Gasteiger partial charge in [-0.3, -0.25) is 4.72 Å². The lowest BCUT2D eigenvalue weighted by molar-refractivity contribution is -0.114. The zero-order valence-electron chi connectivity index (χ0n) is 19.1. The van der Waals surface area contributed by atoms with E-state index >= 15 is 0 Å². The number of benzene rings is 1. The number of anilines is 2. The number of rotatable bonds is 10. The number of aromatic nitrogens is 1. The minimum Gasteiger partial charge on any atom is -0.357 e. The lowest BCUT2D eigenvalue weighted by atomic mass is 9.68. The molecule has 1 aromatic heterocycles. The van der Waals surface area contributed by atoms with E-state index in [1.165, 1.54) is 31.2 Å². The van der Waals surface area contributed by atoms with Crippen molar-refractivity contribution in [1.29, 1.82) is 5.41 Å². The van der Waals surface area contributed by atoms with E-state index in [-0.39, 0.29) is 5.82 Å². The smallest absolute Gasteiger partial charge is 0.130 e. The standard InChI is InChI=1S/C26H30FN5OS/c27-22-4-6-23(7-5-22)31-24-13-21(9-10-30-34)26(18-33,15-20(24)16-28)14-19-3-8-25(29-17-19)32-11-1-2-12-32/h3-8,13,16-18,28,30-31,34H,1-2,9-12,14-15H2. The molecule has 3 N–H and O–H groups in total. The normalized spacial score (nSPS) is 20.3. The van der Waals surface area contributed by atoms with Crippen LogP contribution in [0, 0.1) is 16.6 Å². The third kappa shape index (κ3) is 5.39. The van der Waals surface area contributed by atoms with Gasteiger partial charge in [0.25, 0.3) is 0 Å². The molecule has 178 valence electrons. The maximum atomic E-state index is 13.3. The van der Waals surface area contributed by atoms with E-state index in [2.05, 4.69) is 38.8 Å². The first-order valence-electron chi connectivity index (χ1n) is 11.6. The van der Waals surface area contributed by atoms with Crippen molar-refractivity contribution >= 4 is 36.8 Å². The summed E-state index contributed by atoms with van der Waals surface area (Å²) in [5.41, 5.74) is 3.36. The van der Waals surface area contributed by atoms with Crippen LogP contribution in [0.1, 0.15) is 31.2 Å². The van der Waals surface area contributed by atoms with Gasteiger partial charge in [-0.1, -0.05) is 24.5 Å². The summed E-state index contributed by atoms with van der Waals surface area (Å²) < 4.78 is 16.2. The highest BCUT2D eigenvalue weighted by molar-refractivity contribution is 7.78. The number of pyridine rings is 1. The number of nitrogens with one attached hydrogen (secondary N) is 3. The first-order valence-corrected chi connectivity index (χ1v) is 12.0. The van der Waals surface area contributed by atoms with Gasteiger partial charge in [0, 0.05) is 43.4 Å². The lowest BCUT2D eigenvalue weighted by Gasteiger charge is -2.36. The van der Waals surface area contributed by atoms with Crippen molar-refractivity contribution in [2.75, 3.05) is 29.9 Å². The molecular weight excluding hydrogens is 449 g/mol. The third-order valence-corrected chi connectivity index (χ3v) is 6.82. The van der Waals surface area contributed by atoms with Crippen LogP contribution in [-0.4, -0.2) is 37.1 Å². The molecule has 1 aromatic carbocycles. The molecular formula is C26H30FN5OS. The fourth-order valence-corrected chi connectivity index (χ4v) is 4.87. The Balaban J connectivity index is 1.62. The predicted molar refractivity (Wildman–Crippen MR) is 138 cm³/mol. The molecule has 1 saturated heterocycles. The number of carbonyl (C=O) groups excluding carboxylic acids is 1. The van der Waals surface area contributed by atoms with Crippen molar-refractivity contribution in [1.82, 2.24) is 9.71 Å². The molecule has 34 heavy (non-hydrogen) atoms. The second-order valence-corrected chi connectivity index (χ2v) is 9.21. The van der Waals surface area contributed by atoms with Gasteiger partial charge in [-0.25, -0.2) is 9.37 Å². The Kier molecular flexibility index (Phi) is 7.80. The van der Waals surface area contributed by atoms with Crippen LogP contribution in [0.4, 0.5) is 15.9 Å². The van der Waals surface area contributed by atoms with Crippen LogP contribution >= 0.6 is 12.8 Å². The highest BCUT2D eigenvalue weighted by Crippen LogP contribution is 2.42. The fraction of sp³-hybridized carbons (Fsp3) is 0.346. The largest absolute Gasteiger partial charge is 0.357 e. The summed E-state index contributed by atoms with van der Waals surface area (Å²) in [5.74, 6) is 0.668. The number of hydrogen-bond donors (Lipinski definition) is 4. The summed E-state index contributed by atoms with van der Waals surface area (Å²) in [7, 11) is 0. The molecule has 4 rings (SSSR count). The van der Waals surface area contributed by atoms with E-state index in [0.717, 1.165) is 53.3 Å². The molecule has 1 fully saturated rings. The van der Waals surface area contributed by atoms with Crippen LogP contribution in [0.5, 0.6) is 0 Å². The molecule has 8 heteroatoms. The number of nitrogens with zero attached hydrogens (tertiary/aromatic N) is 2. The summed E-state index contributed by atoms with van der Waals surface area (Å²) in [6.07, 6.45) is 10.1. The molecule has 1 unspecified atom stereocenters. The van der Waals surface area contributed by atoms with Gasteiger partial charge in [0.05, 0.1) is 5.41 Å². The van der Waals surface area contributed by atoms with E-state index in [4.69, 9.17) is 5.41 Å². The van der Waals surface area contributed by atoms with E-state index in [9.17, 15) is 9.18 Å². The molecule has 6 nitrogen and oxygen atoms in total. The number of halogens is 1. The average Bonchev–Trinajstić information content (AvgIpc) is 3.40. The number of hydrogen-bond acceptors (Lipinski definition) is 7. The number of carbonyl (C=O) groups is 1. The van der Waals surface area contributed by atoms with Crippen molar-refractivity contribution in [3.63, 3.8) is 0 Å². The van der Waals surface area contributed by atoms with Crippen LogP contribution in [0.3, 0.4) is 0 Å². The highest BCUT2D eigenvalue weighted by Gasteiger charge is 2.38. The van der Waals surface area contributed by atoms with Gasteiger partial charge in [0.1, 0.15) is 17.9 Å². The summed E-state index contributed by atoms with van der Waals surface area (Å²) in [4.78, 5) is 19.6. The minimum absolute atomic E-state index is 0.309. The van der Waals surface area contributed by atoms with Gasteiger partial charge < -0.3 is 20.4 Å². The molecule has 1 aliphatic carbocycles. The van der Waals surface area contributed by atoms with Crippen LogP contribution in [0.2, 0.25) is 0 Å². The zero-order chi connectivity index (χ0) is 24.0. The second kappa shape index (κ2) is 11.0. The Hall–Kier alpha value is -2.97. The Morgan fingerprint density at radius 2 is 1.94 bits per heavy atom. The predicted octanol–water partition coefficient (Wildman–Crippen LogP) is 4.72. The van der Waals surface area contributed by atoms with E-state index in [1.807, 2.05) is 18.3 Å². The van der Waals surface area contributed by atoms with Crippen molar-refractivity contribution in [2.24, 2.45) is 5.41 Å². The monoisotopic (exact) mass is 479 g/mol. The molecule has 1 aliphatic heterocycles. The Labute approximate surface area is 205 Å². The topological polar surface area (TPSA) is 81.1 Å². The molecule has 0 radical (unpaired) electrons. The lowest BCUT2D eigenvalue weighted by Crippen LogP contribution is -2.34. The molecule has 0 saturated carbocycles. The summed E-state index contributed by atoms with van der Waals surface area (Å²) in [5, 5.41) is 11.3. The van der Waals surface area contributed by atoms with Gasteiger partial charge in [-0.05, 0) is 79.6 Å². The van der Waals surface area contributed by atoms with Crippen LogP contribution in [0.25, 0.3) is 0 Å². The molecule has 2 heterocycles. The highest BCUT2D eigenvalue weighted by atomic mass is 32.1. The Morgan fingerprint density at radius 1 is 1.18 bits per heavy atom. The van der Waals surface area contributed by atoms with Crippen LogP contribution < -0.4 is 14.9 Å². The Bertz CT molecular complexity index is 1080. The van der Waals surface area contributed by atoms with Gasteiger partial charge >= 0.3 is 0 Å². The van der Waals surface area contributed by atoms with Crippen molar-refractivity contribution in [3.8, 4) is 0 Å².